The molecule has 0 spiro atoms. The zero-order valence-electron chi connectivity index (χ0n) is 8.41. The predicted molar refractivity (Wildman–Crippen MR) is 51.5 cm³/mol. The van der Waals surface area contributed by atoms with Crippen molar-refractivity contribution in [1.29, 1.82) is 0 Å². The molecule has 0 radical (unpaired) electrons. The summed E-state index contributed by atoms with van der Waals surface area (Å²) in [5.74, 6) is 0. The summed E-state index contributed by atoms with van der Waals surface area (Å²) in [4.78, 5) is 1.34. The maximum Gasteiger partial charge on any atom is 0.252 e. The Labute approximate surface area is 79.7 Å². The van der Waals surface area contributed by atoms with E-state index in [0.717, 1.165) is 26.3 Å². The van der Waals surface area contributed by atoms with Gasteiger partial charge in [-0.15, -0.1) is 0 Å². The van der Waals surface area contributed by atoms with E-state index in [1.54, 1.807) is 6.66 Å². The SMILES string of the molecule is CCO[P@@](C)(=O)C[NH+]1CCOCC1. The van der Waals surface area contributed by atoms with Gasteiger partial charge in [0.15, 0.2) is 6.29 Å². The molecule has 0 bridgehead atoms. The molecule has 1 rings (SSSR count). The number of nitrogens with one attached hydrogen (secondary N) is 1. The minimum absolute atomic E-state index is 0.539. The lowest BCUT2D eigenvalue weighted by Crippen LogP contribution is -3.13. The van der Waals surface area contributed by atoms with Crippen molar-refractivity contribution in [1.82, 2.24) is 0 Å². The second-order valence-corrected chi connectivity index (χ2v) is 6.06. The van der Waals surface area contributed by atoms with Gasteiger partial charge in [-0.3, -0.25) is 4.57 Å². The fourth-order valence-corrected chi connectivity index (χ4v) is 3.31. The molecule has 0 aliphatic carbocycles. The quantitative estimate of drug-likeness (QED) is 0.651. The zero-order valence-corrected chi connectivity index (χ0v) is 9.31. The van der Waals surface area contributed by atoms with Crippen LogP contribution in [-0.2, 0) is 13.8 Å². The first-order chi connectivity index (χ1) is 6.14. The number of quaternary nitrogens is 1. The lowest BCUT2D eigenvalue weighted by molar-refractivity contribution is -0.897. The highest BCUT2D eigenvalue weighted by atomic mass is 31.2. The highest BCUT2D eigenvalue weighted by Gasteiger charge is 2.24. The third-order valence-electron chi connectivity index (χ3n) is 2.11. The van der Waals surface area contributed by atoms with Gasteiger partial charge < -0.3 is 14.2 Å². The van der Waals surface area contributed by atoms with E-state index in [0.29, 0.717) is 12.9 Å². The summed E-state index contributed by atoms with van der Waals surface area (Å²) in [5.41, 5.74) is 0. The third kappa shape index (κ3) is 4.23. The van der Waals surface area contributed by atoms with Crippen molar-refractivity contribution in [3.8, 4) is 0 Å². The Balaban J connectivity index is 2.32. The molecule has 78 valence electrons. The van der Waals surface area contributed by atoms with Crippen LogP contribution in [0.15, 0.2) is 0 Å². The molecule has 4 nitrogen and oxygen atoms in total. The molecule has 0 aromatic rings. The summed E-state index contributed by atoms with van der Waals surface area (Å²) in [6.45, 7) is 7.60. The van der Waals surface area contributed by atoms with Gasteiger partial charge in [-0.05, 0) is 6.92 Å². The van der Waals surface area contributed by atoms with Crippen molar-refractivity contribution >= 4 is 7.37 Å². The Kier molecular flexibility index (Phi) is 4.39. The molecule has 1 fully saturated rings. The van der Waals surface area contributed by atoms with E-state index in [2.05, 4.69) is 0 Å². The zero-order chi connectivity index (χ0) is 9.73. The predicted octanol–water partition coefficient (Wildman–Crippen LogP) is -0.197. The fraction of sp³-hybridized carbons (Fsp3) is 1.00. The van der Waals surface area contributed by atoms with Gasteiger partial charge in [0.05, 0.1) is 19.8 Å². The van der Waals surface area contributed by atoms with E-state index in [-0.39, 0.29) is 0 Å². The third-order valence-corrected chi connectivity index (χ3v) is 3.94. The fourth-order valence-electron chi connectivity index (χ4n) is 1.54. The van der Waals surface area contributed by atoms with Crippen molar-refractivity contribution in [2.24, 2.45) is 0 Å². The highest BCUT2D eigenvalue weighted by molar-refractivity contribution is 7.57. The second kappa shape index (κ2) is 5.11. The molecule has 0 aromatic carbocycles. The summed E-state index contributed by atoms with van der Waals surface area (Å²) in [6, 6.07) is 0. The molecule has 1 atom stereocenters. The number of rotatable bonds is 4. The largest absolute Gasteiger partial charge is 0.370 e. The lowest BCUT2D eigenvalue weighted by Gasteiger charge is -2.25. The first-order valence-corrected chi connectivity index (χ1v) is 7.02. The smallest absolute Gasteiger partial charge is 0.252 e. The average Bonchev–Trinajstić information content (AvgIpc) is 2.04. The Morgan fingerprint density at radius 1 is 1.46 bits per heavy atom. The normalized spacial score (nSPS) is 24.2. The summed E-state index contributed by atoms with van der Waals surface area (Å²) >= 11 is 0. The van der Waals surface area contributed by atoms with Crippen LogP contribution in [0.1, 0.15) is 6.92 Å². The van der Waals surface area contributed by atoms with Crippen LogP contribution < -0.4 is 4.90 Å². The Morgan fingerprint density at radius 2 is 2.08 bits per heavy atom. The van der Waals surface area contributed by atoms with E-state index in [1.807, 2.05) is 6.92 Å². The molecule has 1 saturated heterocycles. The molecule has 0 unspecified atom stereocenters. The van der Waals surface area contributed by atoms with Gasteiger partial charge in [0.1, 0.15) is 13.1 Å². The van der Waals surface area contributed by atoms with Crippen molar-refractivity contribution in [2.75, 3.05) is 45.9 Å². The molecule has 0 aromatic heterocycles. The van der Waals surface area contributed by atoms with E-state index in [9.17, 15) is 4.57 Å². The van der Waals surface area contributed by atoms with Crippen LogP contribution in [0.2, 0.25) is 0 Å². The van der Waals surface area contributed by atoms with Crippen LogP contribution in [0, 0.1) is 0 Å². The van der Waals surface area contributed by atoms with Crippen LogP contribution in [-0.4, -0.2) is 45.9 Å². The first-order valence-electron chi connectivity index (χ1n) is 4.76. The molecule has 1 aliphatic rings. The van der Waals surface area contributed by atoms with Crippen LogP contribution in [0.4, 0.5) is 0 Å². The maximum atomic E-state index is 11.8. The molecule has 1 aliphatic heterocycles. The standard InChI is InChI=1S/C8H18NO3P/c1-3-12-13(2,10)8-9-4-6-11-7-5-9/h3-8H2,1-2H3/p+1/t13-/m1/s1. The molecule has 1 N–H and O–H groups in total. The molecule has 13 heavy (non-hydrogen) atoms. The topological polar surface area (TPSA) is 40.0 Å². The molecule has 0 saturated carbocycles. The number of hydrogen-bond acceptors (Lipinski definition) is 3. The summed E-state index contributed by atoms with van der Waals surface area (Å²) < 4.78 is 22.2. The van der Waals surface area contributed by atoms with Gasteiger partial charge in [-0.2, -0.15) is 0 Å². The van der Waals surface area contributed by atoms with Gasteiger partial charge in [0, 0.05) is 6.66 Å². The van der Waals surface area contributed by atoms with Crippen LogP contribution >= 0.6 is 7.37 Å². The monoisotopic (exact) mass is 208 g/mol. The van der Waals surface area contributed by atoms with Crippen molar-refractivity contribution < 1.29 is 18.7 Å². The van der Waals surface area contributed by atoms with Crippen LogP contribution in [0.25, 0.3) is 0 Å². The van der Waals surface area contributed by atoms with Crippen molar-refractivity contribution in [2.45, 2.75) is 6.92 Å². The Hall–Kier alpha value is 0.110. The molecule has 1 heterocycles. The van der Waals surface area contributed by atoms with E-state index in [1.165, 1.54) is 4.90 Å². The van der Waals surface area contributed by atoms with Crippen molar-refractivity contribution in [3.05, 3.63) is 0 Å². The van der Waals surface area contributed by atoms with Gasteiger partial charge in [0.25, 0.3) is 7.37 Å². The first kappa shape index (κ1) is 11.2. The van der Waals surface area contributed by atoms with Crippen LogP contribution in [0.5, 0.6) is 0 Å². The van der Waals surface area contributed by atoms with Gasteiger partial charge in [-0.1, -0.05) is 0 Å². The minimum atomic E-state index is -2.35. The van der Waals surface area contributed by atoms with Gasteiger partial charge in [-0.25, -0.2) is 0 Å². The maximum absolute atomic E-state index is 11.8. The van der Waals surface area contributed by atoms with Crippen molar-refractivity contribution in [3.63, 3.8) is 0 Å². The number of ether oxygens (including phenoxy) is 1. The lowest BCUT2D eigenvalue weighted by atomic mass is 10.5. The van der Waals surface area contributed by atoms with E-state index in [4.69, 9.17) is 9.26 Å². The Morgan fingerprint density at radius 3 is 2.62 bits per heavy atom. The summed E-state index contributed by atoms with van der Waals surface area (Å²) in [5, 5.41) is 0. The molecule has 5 heteroatoms. The van der Waals surface area contributed by atoms with Gasteiger partial charge >= 0.3 is 0 Å². The Bertz CT molecular complexity index is 192. The van der Waals surface area contributed by atoms with E-state index >= 15 is 0 Å². The highest BCUT2D eigenvalue weighted by Crippen LogP contribution is 2.39. The second-order valence-electron chi connectivity index (χ2n) is 3.45. The summed E-state index contributed by atoms with van der Waals surface area (Å²) in [7, 11) is -2.35. The minimum Gasteiger partial charge on any atom is -0.370 e. The van der Waals surface area contributed by atoms with E-state index < -0.39 is 7.37 Å². The van der Waals surface area contributed by atoms with Gasteiger partial charge in [0.2, 0.25) is 0 Å². The molecule has 0 amide bonds. The molecular weight excluding hydrogens is 189 g/mol. The number of hydrogen-bond donors (Lipinski definition) is 1. The molecular formula is C8H19NO3P+. The average molecular weight is 208 g/mol. The summed E-state index contributed by atoms with van der Waals surface area (Å²) in [6.07, 6.45) is 0.643. The van der Waals surface area contributed by atoms with Crippen LogP contribution in [0.3, 0.4) is 0 Å². The number of morpholine rings is 1.